The lowest BCUT2D eigenvalue weighted by Crippen LogP contribution is -2.48. The van der Waals surface area contributed by atoms with E-state index in [0.717, 1.165) is 17.8 Å². The van der Waals surface area contributed by atoms with Gasteiger partial charge in [0.15, 0.2) is 0 Å². The summed E-state index contributed by atoms with van der Waals surface area (Å²) in [6.07, 6.45) is 8.50. The highest BCUT2D eigenvalue weighted by Gasteiger charge is 2.52. The smallest absolute Gasteiger partial charge is 0.0714 e. The fourth-order valence-corrected chi connectivity index (χ4v) is 13.3. The summed E-state index contributed by atoms with van der Waals surface area (Å²) in [5.74, 6) is 3.11. The molecule has 61 heavy (non-hydrogen) atoms. The van der Waals surface area contributed by atoms with E-state index in [4.69, 9.17) is 0 Å². The Bertz CT molecular complexity index is 2830. The number of fused-ring (bicyclic) bond motifs is 4. The van der Waals surface area contributed by atoms with Crippen LogP contribution in [0.3, 0.4) is 0 Å². The van der Waals surface area contributed by atoms with Crippen LogP contribution in [-0.4, -0.2) is 0 Å². The zero-order chi connectivity index (χ0) is 40.7. The second-order valence-electron chi connectivity index (χ2n) is 19.3. The van der Waals surface area contributed by atoms with Crippen LogP contribution in [0.1, 0.15) is 91.7 Å². The zero-order valence-corrected chi connectivity index (χ0v) is 35.4. The molecule has 0 saturated heterocycles. The molecule has 4 saturated carbocycles. The first-order valence-corrected chi connectivity index (χ1v) is 22.9. The minimum atomic E-state index is -0.506. The van der Waals surface area contributed by atoms with Crippen molar-refractivity contribution in [2.75, 3.05) is 4.90 Å². The third-order valence-electron chi connectivity index (χ3n) is 15.4. The molecule has 0 radical (unpaired) electrons. The third kappa shape index (κ3) is 5.73. The van der Waals surface area contributed by atoms with E-state index in [9.17, 15) is 0 Å². The summed E-state index contributed by atoms with van der Waals surface area (Å²) in [6, 6.07) is 71.7. The monoisotopic (exact) mass is 787 g/mol. The van der Waals surface area contributed by atoms with Crippen molar-refractivity contribution in [3.05, 3.63) is 221 Å². The number of anilines is 3. The van der Waals surface area contributed by atoms with Gasteiger partial charge in [0.1, 0.15) is 0 Å². The highest BCUT2D eigenvalue weighted by atomic mass is 15.1. The molecule has 8 aromatic rings. The first-order valence-electron chi connectivity index (χ1n) is 22.9. The summed E-state index contributed by atoms with van der Waals surface area (Å²) in [5.41, 5.74) is 16.8. The molecule has 0 atom stereocenters. The minimum absolute atomic E-state index is 0.342. The van der Waals surface area contributed by atoms with Crippen LogP contribution in [0.2, 0.25) is 0 Å². The van der Waals surface area contributed by atoms with E-state index in [1.807, 2.05) is 0 Å². The summed E-state index contributed by atoms with van der Waals surface area (Å²) in [6.45, 7) is 4.68. The Morgan fingerprint density at radius 2 is 1.02 bits per heavy atom. The normalized spacial score (nSPS) is 21.7. The van der Waals surface area contributed by atoms with Crippen molar-refractivity contribution >= 4 is 27.8 Å². The molecule has 298 valence electrons. The number of nitrogens with zero attached hydrogens (tertiary/aromatic N) is 1. The topological polar surface area (TPSA) is 3.24 Å². The van der Waals surface area contributed by atoms with E-state index >= 15 is 0 Å². The highest BCUT2D eigenvalue weighted by Crippen LogP contribution is 2.62. The van der Waals surface area contributed by atoms with E-state index in [1.165, 1.54) is 116 Å². The molecule has 4 bridgehead atoms. The van der Waals surface area contributed by atoms with Gasteiger partial charge in [-0.15, -0.1) is 0 Å². The maximum absolute atomic E-state index is 2.58. The predicted octanol–water partition coefficient (Wildman–Crippen LogP) is 15.9. The summed E-state index contributed by atoms with van der Waals surface area (Å²) in [5, 5.41) is 2.49. The Morgan fingerprint density at radius 3 is 1.62 bits per heavy atom. The molecule has 5 aliphatic carbocycles. The molecule has 0 aromatic heterocycles. The average Bonchev–Trinajstić information content (AvgIpc) is 3.60. The lowest BCUT2D eigenvalue weighted by atomic mass is 9.48. The molecule has 0 heterocycles. The van der Waals surface area contributed by atoms with Gasteiger partial charge >= 0.3 is 0 Å². The minimum Gasteiger partial charge on any atom is -0.310 e. The van der Waals surface area contributed by atoms with Crippen molar-refractivity contribution < 1.29 is 0 Å². The largest absolute Gasteiger partial charge is 0.310 e. The van der Waals surface area contributed by atoms with Gasteiger partial charge in [0.2, 0.25) is 0 Å². The maximum Gasteiger partial charge on any atom is 0.0714 e. The Labute approximate surface area is 361 Å². The Hall–Kier alpha value is -6.18. The average molecular weight is 788 g/mol. The zero-order valence-electron chi connectivity index (χ0n) is 35.4. The molecule has 13 rings (SSSR count). The van der Waals surface area contributed by atoms with Gasteiger partial charge in [-0.3, -0.25) is 0 Å². The van der Waals surface area contributed by atoms with Gasteiger partial charge in [0.05, 0.1) is 11.1 Å². The summed E-state index contributed by atoms with van der Waals surface area (Å²) in [7, 11) is 0. The summed E-state index contributed by atoms with van der Waals surface area (Å²) >= 11 is 0. The fraction of sp³-hybridized carbons (Fsp3) is 0.233. The molecular weight excluding hydrogens is 735 g/mol. The molecule has 0 spiro atoms. The quantitative estimate of drug-likeness (QED) is 0.148. The van der Waals surface area contributed by atoms with E-state index in [2.05, 4.69) is 207 Å². The summed E-state index contributed by atoms with van der Waals surface area (Å²) in [4.78, 5) is 2.58. The van der Waals surface area contributed by atoms with Gasteiger partial charge in [-0.1, -0.05) is 166 Å². The van der Waals surface area contributed by atoms with E-state index < -0.39 is 5.41 Å². The predicted molar refractivity (Wildman–Crippen MR) is 255 cm³/mol. The molecule has 0 amide bonds. The Morgan fingerprint density at radius 1 is 0.459 bits per heavy atom. The van der Waals surface area contributed by atoms with Crippen LogP contribution in [0.5, 0.6) is 0 Å². The van der Waals surface area contributed by atoms with Crippen molar-refractivity contribution in [1.29, 1.82) is 0 Å². The SMILES string of the molecule is CC(C)c1cccc2c1-c1ccc(N(c3ccc(C45CC6CC(CC(C6)C4)C5)cc3)c3cc4ccccc4cc3-c3ccccc3)cc1C2(c1ccccc1)c1ccccc1. The summed E-state index contributed by atoms with van der Waals surface area (Å²) < 4.78 is 0. The fourth-order valence-electron chi connectivity index (χ4n) is 13.3. The van der Waals surface area contributed by atoms with E-state index in [-0.39, 0.29) is 0 Å². The molecule has 1 nitrogen and oxygen atoms in total. The van der Waals surface area contributed by atoms with E-state index in [1.54, 1.807) is 5.56 Å². The molecule has 4 fully saturated rings. The molecule has 8 aromatic carbocycles. The van der Waals surface area contributed by atoms with Crippen LogP contribution in [0.25, 0.3) is 33.0 Å². The lowest BCUT2D eigenvalue weighted by Gasteiger charge is -2.57. The maximum atomic E-state index is 2.58. The standard InChI is InChI=1S/C60H53N/c1-40(2)52-23-14-24-55-58(52)53-30-29-51(36-56(53)60(55,48-19-8-4-9-20-48)49-21-10-5-11-22-49)61(57-35-46-18-13-12-17-45(46)34-54(57)44-15-6-3-7-16-44)50-27-25-47(26-28-50)59-37-41-31-42(38-59)33-43(32-41)39-59/h3-30,34-36,40-43H,31-33,37-39H2,1-2H3. The molecule has 0 aliphatic heterocycles. The van der Waals surface area contributed by atoms with E-state index in [0.29, 0.717) is 11.3 Å². The lowest BCUT2D eigenvalue weighted by molar-refractivity contribution is -0.00518. The van der Waals surface area contributed by atoms with Crippen LogP contribution in [-0.2, 0) is 10.8 Å². The number of hydrogen-bond acceptors (Lipinski definition) is 1. The molecule has 5 aliphatic rings. The molecule has 0 N–H and O–H groups in total. The highest BCUT2D eigenvalue weighted by molar-refractivity contribution is 5.99. The van der Waals surface area contributed by atoms with Gasteiger partial charge < -0.3 is 4.90 Å². The van der Waals surface area contributed by atoms with Crippen LogP contribution in [0.15, 0.2) is 188 Å². The van der Waals surface area contributed by atoms with Gasteiger partial charge in [-0.25, -0.2) is 0 Å². The second kappa shape index (κ2) is 14.2. The third-order valence-corrected chi connectivity index (χ3v) is 15.4. The molecule has 0 unspecified atom stereocenters. The Balaban J connectivity index is 1.12. The second-order valence-corrected chi connectivity index (χ2v) is 19.3. The molecule has 1 heteroatoms. The van der Waals surface area contributed by atoms with Crippen molar-refractivity contribution in [2.45, 2.75) is 69.1 Å². The number of rotatable bonds is 8. The van der Waals surface area contributed by atoms with Crippen molar-refractivity contribution in [3.8, 4) is 22.3 Å². The van der Waals surface area contributed by atoms with Gasteiger partial charge in [0, 0.05) is 16.9 Å². The van der Waals surface area contributed by atoms with Crippen LogP contribution >= 0.6 is 0 Å². The Kier molecular flexibility index (Phi) is 8.53. The first kappa shape index (κ1) is 36.7. The number of benzene rings is 8. The van der Waals surface area contributed by atoms with Gasteiger partial charge in [0.25, 0.3) is 0 Å². The van der Waals surface area contributed by atoms with Crippen LogP contribution in [0.4, 0.5) is 17.1 Å². The first-order chi connectivity index (χ1) is 30.0. The molecular formula is C60H53N. The number of hydrogen-bond donors (Lipinski definition) is 0. The van der Waals surface area contributed by atoms with Gasteiger partial charge in [-0.2, -0.15) is 0 Å². The van der Waals surface area contributed by atoms with Crippen LogP contribution in [0, 0.1) is 17.8 Å². The van der Waals surface area contributed by atoms with Crippen molar-refractivity contribution in [1.82, 2.24) is 0 Å². The van der Waals surface area contributed by atoms with Gasteiger partial charge in [-0.05, 0) is 165 Å². The van der Waals surface area contributed by atoms with Crippen molar-refractivity contribution in [3.63, 3.8) is 0 Å². The van der Waals surface area contributed by atoms with Crippen molar-refractivity contribution in [2.24, 2.45) is 17.8 Å². The van der Waals surface area contributed by atoms with Crippen LogP contribution < -0.4 is 4.90 Å².